The van der Waals surface area contributed by atoms with Crippen molar-refractivity contribution >= 4 is 55.0 Å². The molecule has 0 N–H and O–H groups in total. The van der Waals surface area contributed by atoms with E-state index < -0.39 is 10.0 Å². The number of fused-ring (bicyclic) bond motifs is 1. The minimum Gasteiger partial charge on any atom is -0.308 e. The average Bonchev–Trinajstić information content (AvgIpc) is 3.23. The van der Waals surface area contributed by atoms with Gasteiger partial charge in [0.25, 0.3) is 5.91 Å². The Labute approximate surface area is 225 Å². The Morgan fingerprint density at radius 1 is 0.944 bits per heavy atom. The number of carbonyl (C=O) groups excluding carboxylic acids is 1. The standard InChI is InChI=1S/C26H36N4O3S2.ClH/c1-7-13-29(14-8-2)35(32,33)22-11-9-21(10-12-22)25(31)30(16-15-28(5)6)26-27-23-18-19(3)17-20(4)24(23)34-26;/h9-12,17-18H,7-8,13-16H2,1-6H3;1H. The molecule has 3 aromatic rings. The Kier molecular flexibility index (Phi) is 10.9. The van der Waals surface area contributed by atoms with Crippen molar-refractivity contribution in [3.8, 4) is 0 Å². The van der Waals surface area contributed by atoms with Crippen LogP contribution in [0.25, 0.3) is 10.2 Å². The normalized spacial score (nSPS) is 11.8. The van der Waals surface area contributed by atoms with Crippen molar-refractivity contribution in [3.63, 3.8) is 0 Å². The number of hydrogen-bond donors (Lipinski definition) is 0. The number of hydrogen-bond acceptors (Lipinski definition) is 6. The van der Waals surface area contributed by atoms with E-state index in [2.05, 4.69) is 13.0 Å². The van der Waals surface area contributed by atoms with Crippen LogP contribution in [0.5, 0.6) is 0 Å². The lowest BCUT2D eigenvalue weighted by Crippen LogP contribution is -2.36. The monoisotopic (exact) mass is 552 g/mol. The summed E-state index contributed by atoms with van der Waals surface area (Å²) in [5, 5.41) is 0.648. The van der Waals surface area contributed by atoms with Gasteiger partial charge in [0.1, 0.15) is 0 Å². The van der Waals surface area contributed by atoms with Crippen LogP contribution < -0.4 is 4.90 Å². The second kappa shape index (κ2) is 13.0. The lowest BCUT2D eigenvalue weighted by Gasteiger charge is -2.23. The predicted molar refractivity (Wildman–Crippen MR) is 152 cm³/mol. The average molecular weight is 553 g/mol. The van der Waals surface area contributed by atoms with E-state index in [0.717, 1.165) is 34.2 Å². The zero-order valence-corrected chi connectivity index (χ0v) is 24.4. The smallest absolute Gasteiger partial charge is 0.260 e. The van der Waals surface area contributed by atoms with Gasteiger partial charge in [-0.2, -0.15) is 4.31 Å². The van der Waals surface area contributed by atoms with Crippen molar-refractivity contribution in [3.05, 3.63) is 53.1 Å². The summed E-state index contributed by atoms with van der Waals surface area (Å²) < 4.78 is 28.8. The predicted octanol–water partition coefficient (Wildman–Crippen LogP) is 5.35. The molecule has 3 rings (SSSR count). The van der Waals surface area contributed by atoms with Crippen LogP contribution in [0.1, 0.15) is 48.2 Å². The SMILES string of the molecule is CCCN(CCC)S(=O)(=O)c1ccc(C(=O)N(CCN(C)C)c2nc3cc(C)cc(C)c3s2)cc1.Cl. The molecule has 0 saturated carbocycles. The lowest BCUT2D eigenvalue weighted by molar-refractivity contribution is 0.0985. The van der Waals surface area contributed by atoms with Gasteiger partial charge in [-0.1, -0.05) is 31.3 Å². The van der Waals surface area contributed by atoms with Crippen LogP contribution in [0, 0.1) is 13.8 Å². The summed E-state index contributed by atoms with van der Waals surface area (Å²) in [6.45, 7) is 10.1. The van der Waals surface area contributed by atoms with Crippen molar-refractivity contribution in [2.45, 2.75) is 45.4 Å². The fraction of sp³-hybridized carbons (Fsp3) is 0.462. The highest BCUT2D eigenvalue weighted by Crippen LogP contribution is 2.33. The number of rotatable bonds is 11. The van der Waals surface area contributed by atoms with E-state index in [4.69, 9.17) is 4.98 Å². The molecule has 0 aliphatic heterocycles. The quantitative estimate of drug-likeness (QED) is 0.320. The minimum atomic E-state index is -3.60. The molecule has 0 radical (unpaired) electrons. The maximum absolute atomic E-state index is 13.6. The van der Waals surface area contributed by atoms with E-state index in [0.29, 0.717) is 36.9 Å². The van der Waals surface area contributed by atoms with Gasteiger partial charge in [-0.05, 0) is 82.2 Å². The largest absolute Gasteiger partial charge is 0.308 e. The summed E-state index contributed by atoms with van der Waals surface area (Å²) in [7, 11) is 0.333. The number of thiazole rings is 1. The van der Waals surface area contributed by atoms with Gasteiger partial charge in [0.05, 0.1) is 15.1 Å². The van der Waals surface area contributed by atoms with Crippen LogP contribution in [0.3, 0.4) is 0 Å². The molecule has 198 valence electrons. The fourth-order valence-corrected chi connectivity index (χ4v) is 6.65. The van der Waals surface area contributed by atoms with Crippen LogP contribution in [-0.2, 0) is 10.0 Å². The molecule has 0 spiro atoms. The van der Waals surface area contributed by atoms with Crippen molar-refractivity contribution in [2.24, 2.45) is 0 Å². The molecule has 0 aliphatic rings. The van der Waals surface area contributed by atoms with Gasteiger partial charge < -0.3 is 4.90 Å². The van der Waals surface area contributed by atoms with E-state index in [1.807, 2.05) is 45.8 Å². The van der Waals surface area contributed by atoms with Gasteiger partial charge in [0.15, 0.2) is 5.13 Å². The molecule has 0 aliphatic carbocycles. The summed E-state index contributed by atoms with van der Waals surface area (Å²) in [5.41, 5.74) is 3.60. The van der Waals surface area contributed by atoms with Crippen molar-refractivity contribution in [1.82, 2.24) is 14.2 Å². The van der Waals surface area contributed by atoms with Gasteiger partial charge in [-0.15, -0.1) is 12.4 Å². The molecule has 1 heterocycles. The minimum absolute atomic E-state index is 0. The van der Waals surface area contributed by atoms with E-state index in [-0.39, 0.29) is 23.2 Å². The third-order valence-corrected chi connectivity index (χ3v) is 8.88. The first-order valence-corrected chi connectivity index (χ1v) is 14.3. The van der Waals surface area contributed by atoms with E-state index in [9.17, 15) is 13.2 Å². The van der Waals surface area contributed by atoms with Gasteiger partial charge in [0, 0.05) is 31.7 Å². The maximum Gasteiger partial charge on any atom is 0.260 e. The van der Waals surface area contributed by atoms with Crippen LogP contribution in [0.15, 0.2) is 41.3 Å². The van der Waals surface area contributed by atoms with E-state index in [1.165, 1.54) is 27.8 Å². The third kappa shape index (κ3) is 6.83. The zero-order chi connectivity index (χ0) is 25.8. The number of sulfonamides is 1. The van der Waals surface area contributed by atoms with Crippen LogP contribution >= 0.6 is 23.7 Å². The number of aromatic nitrogens is 1. The van der Waals surface area contributed by atoms with E-state index in [1.54, 1.807) is 17.0 Å². The first-order chi connectivity index (χ1) is 16.6. The topological polar surface area (TPSA) is 73.8 Å². The highest BCUT2D eigenvalue weighted by atomic mass is 35.5. The Morgan fingerprint density at radius 3 is 2.11 bits per heavy atom. The molecule has 0 unspecified atom stereocenters. The number of amides is 1. The van der Waals surface area contributed by atoms with Gasteiger partial charge >= 0.3 is 0 Å². The second-order valence-corrected chi connectivity index (χ2v) is 12.0. The molecule has 0 saturated heterocycles. The Balaban J connectivity index is 0.00000456. The molecule has 0 bridgehead atoms. The molecule has 7 nitrogen and oxygen atoms in total. The third-order valence-electron chi connectivity index (χ3n) is 5.74. The molecule has 0 fully saturated rings. The molecule has 36 heavy (non-hydrogen) atoms. The summed E-state index contributed by atoms with van der Waals surface area (Å²) in [4.78, 5) is 22.3. The number of likely N-dealkylation sites (N-methyl/N-ethyl adjacent to an activating group) is 1. The highest BCUT2D eigenvalue weighted by Gasteiger charge is 2.25. The number of benzene rings is 2. The molecule has 1 amide bonds. The number of halogens is 1. The first kappa shape index (κ1) is 30.2. The lowest BCUT2D eigenvalue weighted by atomic mass is 10.1. The van der Waals surface area contributed by atoms with Gasteiger partial charge in [0.2, 0.25) is 10.0 Å². The second-order valence-electron chi connectivity index (χ2n) is 9.12. The molecule has 2 aromatic carbocycles. The van der Waals surface area contributed by atoms with Crippen LogP contribution in [0.4, 0.5) is 5.13 Å². The summed E-state index contributed by atoms with van der Waals surface area (Å²) in [5.74, 6) is -0.191. The van der Waals surface area contributed by atoms with Crippen molar-refractivity contribution in [2.75, 3.05) is 45.2 Å². The number of anilines is 1. The van der Waals surface area contributed by atoms with Crippen LogP contribution in [-0.4, -0.2) is 68.8 Å². The Bertz CT molecular complexity index is 1270. The van der Waals surface area contributed by atoms with Gasteiger partial charge in [-0.3, -0.25) is 9.69 Å². The van der Waals surface area contributed by atoms with Crippen molar-refractivity contribution in [1.29, 1.82) is 0 Å². The van der Waals surface area contributed by atoms with Crippen LogP contribution in [0.2, 0.25) is 0 Å². The Morgan fingerprint density at radius 2 is 1.56 bits per heavy atom. The first-order valence-electron chi connectivity index (χ1n) is 12.0. The summed E-state index contributed by atoms with van der Waals surface area (Å²) >= 11 is 1.51. The summed E-state index contributed by atoms with van der Waals surface area (Å²) in [6.07, 6.45) is 1.50. The Hall–Kier alpha value is -2.04. The molecule has 10 heteroatoms. The van der Waals surface area contributed by atoms with E-state index >= 15 is 0 Å². The summed E-state index contributed by atoms with van der Waals surface area (Å²) in [6, 6.07) is 10.5. The van der Waals surface area contributed by atoms with Gasteiger partial charge in [-0.25, -0.2) is 13.4 Å². The number of aryl methyl sites for hydroxylation is 2. The molecule has 1 aromatic heterocycles. The zero-order valence-electron chi connectivity index (χ0n) is 21.9. The number of nitrogens with zero attached hydrogens (tertiary/aromatic N) is 4. The molecular weight excluding hydrogens is 516 g/mol. The van der Waals surface area contributed by atoms with Crippen molar-refractivity contribution < 1.29 is 13.2 Å². The fourth-order valence-electron chi connectivity index (χ4n) is 3.99. The highest BCUT2D eigenvalue weighted by molar-refractivity contribution is 7.89. The molecular formula is C26H37ClN4O3S2. The maximum atomic E-state index is 13.6. The molecule has 0 atom stereocenters. The number of carbonyl (C=O) groups is 1.